The molecule has 0 amide bonds. The molecule has 2 aromatic rings. The number of nitriles is 1. The molecule has 16 heavy (non-hydrogen) atoms. The van der Waals surface area contributed by atoms with Gasteiger partial charge >= 0.3 is 16.6 Å². The first-order chi connectivity index (χ1) is 7.85. The maximum atomic E-state index is 8.67. The molecule has 4 nitrogen and oxygen atoms in total. The van der Waals surface area contributed by atoms with Crippen LogP contribution in [0.4, 0.5) is 0 Å². The van der Waals surface area contributed by atoms with Crippen LogP contribution in [0.3, 0.4) is 0 Å². The molecule has 0 aliphatic heterocycles. The summed E-state index contributed by atoms with van der Waals surface area (Å²) < 4.78 is 5.11. The lowest BCUT2D eigenvalue weighted by Gasteiger charge is -2.07. The Labute approximate surface area is 101 Å². The highest BCUT2D eigenvalue weighted by Gasteiger charge is 2.06. The van der Waals surface area contributed by atoms with Crippen LogP contribution in [0.2, 0.25) is 0 Å². The summed E-state index contributed by atoms with van der Waals surface area (Å²) in [6, 6.07) is 9.04. The minimum absolute atomic E-state index is 0.521. The average Bonchev–Trinajstić information content (AvgIpc) is 2.39. The van der Waals surface area contributed by atoms with E-state index in [0.29, 0.717) is 22.7 Å². The van der Waals surface area contributed by atoms with E-state index in [9.17, 15) is 0 Å². The van der Waals surface area contributed by atoms with Crippen molar-refractivity contribution in [1.82, 2.24) is 9.97 Å². The Bertz CT molecular complexity index is 534. The van der Waals surface area contributed by atoms with E-state index in [-0.39, 0.29) is 0 Å². The van der Waals surface area contributed by atoms with Gasteiger partial charge in [-0.05, 0) is 24.3 Å². The summed E-state index contributed by atoms with van der Waals surface area (Å²) in [7, 11) is 0. The van der Waals surface area contributed by atoms with Gasteiger partial charge in [0.2, 0.25) is 0 Å². The van der Waals surface area contributed by atoms with Gasteiger partial charge in [-0.25, -0.2) is 0 Å². The van der Waals surface area contributed by atoms with Crippen LogP contribution in [0, 0.1) is 11.3 Å². The third kappa shape index (κ3) is 2.04. The molecular weight excluding hydrogens is 217 g/mol. The molecule has 0 unspecified atom stereocenters. The first-order valence-electron chi connectivity index (χ1n) is 4.53. The lowest BCUT2D eigenvalue weighted by molar-refractivity contribution is 0.614. The summed E-state index contributed by atoms with van der Waals surface area (Å²) in [6.07, 6.45) is 3.18. The average molecular weight is 223 g/mol. The molecule has 2 rings (SSSR count). The Morgan fingerprint density at radius 3 is 2.75 bits per heavy atom. The SMILES string of the molecule is N#Cc1ccc(-c2ncccc2[O][Al])nc1. The summed E-state index contributed by atoms with van der Waals surface area (Å²) in [5.41, 5.74) is 1.85. The van der Waals surface area contributed by atoms with Gasteiger partial charge in [0, 0.05) is 12.4 Å². The van der Waals surface area contributed by atoms with Crippen LogP contribution in [0.25, 0.3) is 11.4 Å². The van der Waals surface area contributed by atoms with Crippen molar-refractivity contribution < 1.29 is 3.79 Å². The fourth-order valence-electron chi connectivity index (χ4n) is 1.28. The highest BCUT2D eigenvalue weighted by molar-refractivity contribution is 6.00. The van der Waals surface area contributed by atoms with Crippen molar-refractivity contribution in [2.75, 3.05) is 0 Å². The van der Waals surface area contributed by atoms with Crippen LogP contribution in [0.5, 0.6) is 5.75 Å². The Morgan fingerprint density at radius 2 is 2.12 bits per heavy atom. The molecule has 0 saturated carbocycles. The standard InChI is InChI=1S/C11H7N3O.Al/c12-6-8-3-4-9(14-7-8)11-10(15)2-1-5-13-11;/h1-5,7,15H;/q;+1/p-1. The molecule has 2 heterocycles. The minimum atomic E-state index is 0.521. The van der Waals surface area contributed by atoms with Gasteiger partial charge in [-0.2, -0.15) is 5.26 Å². The fraction of sp³-hybridized carbons (Fsp3) is 0. The van der Waals surface area contributed by atoms with Crippen molar-refractivity contribution >= 4 is 16.6 Å². The quantitative estimate of drug-likeness (QED) is 0.723. The second kappa shape index (κ2) is 4.76. The highest BCUT2D eigenvalue weighted by atomic mass is 27.1. The van der Waals surface area contributed by atoms with Crippen molar-refractivity contribution in [3.05, 3.63) is 42.2 Å². The molecule has 0 bridgehead atoms. The zero-order valence-electron chi connectivity index (χ0n) is 8.29. The molecule has 2 aromatic heterocycles. The normalized spacial score (nSPS) is 9.44. The smallest absolute Gasteiger partial charge is 0.482 e. The van der Waals surface area contributed by atoms with E-state index in [4.69, 9.17) is 9.05 Å². The molecule has 0 saturated heterocycles. The van der Waals surface area contributed by atoms with Crippen molar-refractivity contribution in [3.8, 4) is 23.2 Å². The fourth-order valence-corrected chi connectivity index (χ4v) is 1.47. The molecule has 0 spiro atoms. The van der Waals surface area contributed by atoms with Crippen LogP contribution in [-0.4, -0.2) is 26.6 Å². The van der Waals surface area contributed by atoms with Crippen molar-refractivity contribution in [1.29, 1.82) is 5.26 Å². The molecule has 2 radical (unpaired) electrons. The number of rotatable bonds is 2. The maximum Gasteiger partial charge on any atom is 0.482 e. The topological polar surface area (TPSA) is 58.8 Å². The second-order valence-corrected chi connectivity index (χ2v) is 3.25. The molecular formula is C11H6AlN3O. The zero-order chi connectivity index (χ0) is 11.4. The van der Waals surface area contributed by atoms with Crippen molar-refractivity contribution in [2.45, 2.75) is 0 Å². The predicted octanol–water partition coefficient (Wildman–Crippen LogP) is 1.48. The third-order valence-electron chi connectivity index (χ3n) is 2.03. The summed E-state index contributed by atoms with van der Waals surface area (Å²) in [5, 5.41) is 8.67. The van der Waals surface area contributed by atoms with Gasteiger partial charge in [-0.3, -0.25) is 9.97 Å². The van der Waals surface area contributed by atoms with E-state index in [2.05, 4.69) is 26.6 Å². The minimum Gasteiger partial charge on any atom is -0.652 e. The number of aromatic nitrogens is 2. The molecule has 0 fully saturated rings. The van der Waals surface area contributed by atoms with Gasteiger partial charge in [0.05, 0.1) is 11.3 Å². The number of hydrogen-bond acceptors (Lipinski definition) is 4. The molecule has 0 aliphatic carbocycles. The first-order valence-corrected chi connectivity index (χ1v) is 5.00. The highest BCUT2D eigenvalue weighted by Crippen LogP contribution is 2.24. The van der Waals surface area contributed by atoms with Gasteiger partial charge in [-0.15, -0.1) is 0 Å². The van der Waals surface area contributed by atoms with Crippen molar-refractivity contribution in [3.63, 3.8) is 0 Å². The summed E-state index contributed by atoms with van der Waals surface area (Å²) in [4.78, 5) is 8.35. The van der Waals surface area contributed by atoms with E-state index in [1.807, 2.05) is 6.07 Å². The molecule has 74 valence electrons. The molecule has 0 N–H and O–H groups in total. The van der Waals surface area contributed by atoms with Gasteiger partial charge in [0.1, 0.15) is 17.5 Å². The maximum absolute atomic E-state index is 8.67. The number of nitrogens with zero attached hydrogens (tertiary/aromatic N) is 3. The van der Waals surface area contributed by atoms with E-state index >= 15 is 0 Å². The lowest BCUT2D eigenvalue weighted by atomic mass is 10.2. The molecule has 0 atom stereocenters. The van der Waals surface area contributed by atoms with Gasteiger partial charge in [-0.1, -0.05) is 0 Å². The predicted molar refractivity (Wildman–Crippen MR) is 58.6 cm³/mol. The molecule has 0 aliphatic rings. The second-order valence-electron chi connectivity index (χ2n) is 3.01. The van der Waals surface area contributed by atoms with Gasteiger partial charge in [0.25, 0.3) is 0 Å². The van der Waals surface area contributed by atoms with E-state index in [1.54, 1.807) is 30.5 Å². The van der Waals surface area contributed by atoms with Crippen LogP contribution in [-0.2, 0) is 0 Å². The van der Waals surface area contributed by atoms with Crippen LogP contribution >= 0.6 is 0 Å². The molecule has 5 heteroatoms. The van der Waals surface area contributed by atoms with E-state index in [0.717, 1.165) is 0 Å². The van der Waals surface area contributed by atoms with Crippen LogP contribution in [0.1, 0.15) is 5.56 Å². The van der Waals surface area contributed by atoms with E-state index in [1.165, 1.54) is 6.20 Å². The van der Waals surface area contributed by atoms with Crippen LogP contribution in [0.15, 0.2) is 36.7 Å². The Balaban J connectivity index is 2.47. The van der Waals surface area contributed by atoms with Gasteiger partial charge in [0.15, 0.2) is 0 Å². The first kappa shape index (κ1) is 10.6. The Morgan fingerprint density at radius 1 is 1.25 bits per heavy atom. The lowest BCUT2D eigenvalue weighted by Crippen LogP contribution is -1.93. The van der Waals surface area contributed by atoms with E-state index < -0.39 is 0 Å². The third-order valence-corrected chi connectivity index (χ3v) is 2.29. The number of pyridine rings is 2. The Kier molecular flexibility index (Phi) is 3.17. The Hall–Kier alpha value is -1.88. The van der Waals surface area contributed by atoms with Crippen LogP contribution < -0.4 is 3.79 Å². The summed E-state index contributed by atoms with van der Waals surface area (Å²) in [5.74, 6) is 0.629. The van der Waals surface area contributed by atoms with Crippen molar-refractivity contribution in [2.24, 2.45) is 0 Å². The largest absolute Gasteiger partial charge is 0.652 e. The zero-order valence-corrected chi connectivity index (χ0v) is 9.45. The number of hydrogen-bond donors (Lipinski definition) is 0. The van der Waals surface area contributed by atoms with Gasteiger partial charge < -0.3 is 3.79 Å². The summed E-state index contributed by atoms with van der Waals surface area (Å²) >= 11 is 2.18. The summed E-state index contributed by atoms with van der Waals surface area (Å²) in [6.45, 7) is 0. The monoisotopic (exact) mass is 223 g/mol. The molecule has 0 aromatic carbocycles.